The monoisotopic (exact) mass is 366 g/mol. The Labute approximate surface area is 155 Å². The minimum atomic E-state index is -0.348. The van der Waals surface area contributed by atoms with Gasteiger partial charge in [-0.1, -0.05) is 23.7 Å². The van der Waals surface area contributed by atoms with E-state index < -0.39 is 0 Å². The minimum Gasteiger partial charge on any atom is -0.481 e. The molecule has 4 rings (SSSR count). The molecule has 0 fully saturated rings. The van der Waals surface area contributed by atoms with Gasteiger partial charge in [0.15, 0.2) is 0 Å². The first-order chi connectivity index (χ1) is 12.6. The number of aryl methyl sites for hydroxylation is 1. The number of aromatic amines is 1. The molecule has 0 unspecified atom stereocenters. The number of fused-ring (bicyclic) bond motifs is 1. The number of nitrogens with one attached hydrogen (secondary N) is 1. The van der Waals surface area contributed by atoms with E-state index in [0.717, 1.165) is 27.6 Å². The van der Waals surface area contributed by atoms with Crippen molar-refractivity contribution in [3.05, 3.63) is 71.1 Å². The molecule has 0 amide bonds. The summed E-state index contributed by atoms with van der Waals surface area (Å²) in [4.78, 5) is 7.54. The molecule has 2 heterocycles. The number of rotatable bonds is 3. The van der Waals surface area contributed by atoms with Gasteiger partial charge in [0.2, 0.25) is 5.88 Å². The van der Waals surface area contributed by atoms with Crippen molar-refractivity contribution in [2.45, 2.75) is 6.92 Å². The van der Waals surface area contributed by atoms with Gasteiger partial charge in [-0.3, -0.25) is 0 Å². The van der Waals surface area contributed by atoms with Gasteiger partial charge in [-0.15, -0.1) is 0 Å². The quantitative estimate of drug-likeness (QED) is 0.482. The summed E-state index contributed by atoms with van der Waals surface area (Å²) >= 11 is 6.19. The molecule has 0 saturated heterocycles. The Hall–Kier alpha value is -2.85. The van der Waals surface area contributed by atoms with Gasteiger partial charge in [-0.25, -0.2) is 9.37 Å². The molecule has 0 bridgehead atoms. The van der Waals surface area contributed by atoms with E-state index in [1.165, 1.54) is 6.07 Å². The fraction of sp³-hybridized carbons (Fsp3) is 0.0952. The Morgan fingerprint density at radius 3 is 2.69 bits per heavy atom. The van der Waals surface area contributed by atoms with E-state index in [1.54, 1.807) is 25.4 Å². The number of ether oxygens (including phenoxy) is 1. The van der Waals surface area contributed by atoms with Crippen molar-refractivity contribution in [2.24, 2.45) is 0 Å². The van der Waals surface area contributed by atoms with Gasteiger partial charge in [0.05, 0.1) is 23.4 Å². The molecule has 0 aliphatic heterocycles. The zero-order valence-electron chi connectivity index (χ0n) is 14.3. The Bertz CT molecular complexity index is 1100. The molecular formula is C21H16ClFN2O. The molecule has 2 aromatic carbocycles. The second kappa shape index (κ2) is 6.46. The summed E-state index contributed by atoms with van der Waals surface area (Å²) in [5, 5.41) is 1.36. The third-order valence-electron chi connectivity index (χ3n) is 4.46. The van der Waals surface area contributed by atoms with Gasteiger partial charge >= 0.3 is 0 Å². The Morgan fingerprint density at radius 2 is 1.96 bits per heavy atom. The minimum absolute atomic E-state index is 0.348. The molecule has 0 atom stereocenters. The molecule has 0 aliphatic carbocycles. The second-order valence-electron chi connectivity index (χ2n) is 6.12. The van der Waals surface area contributed by atoms with Crippen molar-refractivity contribution >= 4 is 22.5 Å². The van der Waals surface area contributed by atoms with Crippen LogP contribution in [0.1, 0.15) is 5.56 Å². The number of hydrogen-bond donors (Lipinski definition) is 1. The summed E-state index contributed by atoms with van der Waals surface area (Å²) in [5.41, 5.74) is 5.10. The number of methoxy groups -OCH3 is 1. The van der Waals surface area contributed by atoms with Crippen molar-refractivity contribution in [1.29, 1.82) is 0 Å². The zero-order valence-corrected chi connectivity index (χ0v) is 15.1. The van der Waals surface area contributed by atoms with E-state index in [4.69, 9.17) is 16.3 Å². The zero-order chi connectivity index (χ0) is 18.3. The fourth-order valence-electron chi connectivity index (χ4n) is 3.13. The molecule has 0 aliphatic rings. The first-order valence-corrected chi connectivity index (χ1v) is 8.53. The van der Waals surface area contributed by atoms with Crippen LogP contribution in [0.2, 0.25) is 5.02 Å². The standard InChI is InChI=1S/C21H16ClFN2O/c1-12-8-20(26-2)24-11-15(12)13-6-7-18-14(9-13)10-19(25-18)21-16(22)4-3-5-17(21)23/h3-11,25H,1-2H3. The third kappa shape index (κ3) is 2.82. The highest BCUT2D eigenvalue weighted by atomic mass is 35.5. The normalized spacial score (nSPS) is 11.1. The maximum Gasteiger partial charge on any atom is 0.213 e. The molecule has 4 aromatic rings. The van der Waals surface area contributed by atoms with E-state index in [-0.39, 0.29) is 5.82 Å². The van der Waals surface area contributed by atoms with Gasteiger partial charge in [0.1, 0.15) is 5.82 Å². The molecule has 130 valence electrons. The number of nitrogens with zero attached hydrogens (tertiary/aromatic N) is 1. The largest absolute Gasteiger partial charge is 0.481 e. The average Bonchev–Trinajstić information content (AvgIpc) is 3.04. The summed E-state index contributed by atoms with van der Waals surface area (Å²) in [6.07, 6.45) is 1.80. The van der Waals surface area contributed by atoms with Crippen LogP contribution < -0.4 is 4.74 Å². The van der Waals surface area contributed by atoms with Crippen molar-refractivity contribution in [3.8, 4) is 28.3 Å². The van der Waals surface area contributed by atoms with Crippen molar-refractivity contribution < 1.29 is 9.13 Å². The van der Waals surface area contributed by atoms with Gasteiger partial charge in [0.25, 0.3) is 0 Å². The van der Waals surface area contributed by atoms with Crippen LogP contribution >= 0.6 is 11.6 Å². The van der Waals surface area contributed by atoms with Crippen molar-refractivity contribution in [1.82, 2.24) is 9.97 Å². The number of hydrogen-bond acceptors (Lipinski definition) is 2. The molecule has 5 heteroatoms. The van der Waals surface area contributed by atoms with Crippen LogP contribution in [0.25, 0.3) is 33.3 Å². The van der Waals surface area contributed by atoms with Crippen molar-refractivity contribution in [3.63, 3.8) is 0 Å². The van der Waals surface area contributed by atoms with E-state index >= 15 is 0 Å². The summed E-state index contributed by atoms with van der Waals surface area (Å²) in [6, 6.07) is 14.6. The molecule has 1 N–H and O–H groups in total. The Balaban J connectivity index is 1.82. The van der Waals surface area contributed by atoms with Crippen LogP contribution in [0, 0.1) is 12.7 Å². The first-order valence-electron chi connectivity index (χ1n) is 8.15. The van der Waals surface area contributed by atoms with E-state index in [1.807, 2.05) is 31.2 Å². The number of pyridine rings is 1. The lowest BCUT2D eigenvalue weighted by Gasteiger charge is -2.07. The van der Waals surface area contributed by atoms with Crippen LogP contribution in [0.4, 0.5) is 4.39 Å². The molecule has 3 nitrogen and oxygen atoms in total. The Kier molecular flexibility index (Phi) is 4.13. The lowest BCUT2D eigenvalue weighted by Crippen LogP contribution is -1.90. The first kappa shape index (κ1) is 16.6. The summed E-state index contributed by atoms with van der Waals surface area (Å²) in [5.74, 6) is 0.241. The predicted molar refractivity (Wildman–Crippen MR) is 103 cm³/mol. The molecule has 26 heavy (non-hydrogen) atoms. The summed E-state index contributed by atoms with van der Waals surface area (Å²) < 4.78 is 19.4. The highest BCUT2D eigenvalue weighted by Gasteiger charge is 2.13. The van der Waals surface area contributed by atoms with E-state index in [0.29, 0.717) is 22.2 Å². The highest BCUT2D eigenvalue weighted by Crippen LogP contribution is 2.34. The lowest BCUT2D eigenvalue weighted by molar-refractivity contribution is 0.397. The number of halogens is 2. The number of H-pyrrole nitrogens is 1. The van der Waals surface area contributed by atoms with Gasteiger partial charge < -0.3 is 9.72 Å². The van der Waals surface area contributed by atoms with Crippen LogP contribution in [-0.4, -0.2) is 17.1 Å². The molecule has 0 spiro atoms. The van der Waals surface area contributed by atoms with Crippen LogP contribution in [0.3, 0.4) is 0 Å². The van der Waals surface area contributed by atoms with E-state index in [2.05, 4.69) is 16.0 Å². The predicted octanol–water partition coefficient (Wildman–Crippen LogP) is 6.01. The maximum absolute atomic E-state index is 14.2. The van der Waals surface area contributed by atoms with E-state index in [9.17, 15) is 4.39 Å². The molecule has 0 radical (unpaired) electrons. The molecule has 2 aromatic heterocycles. The fourth-order valence-corrected chi connectivity index (χ4v) is 3.40. The lowest BCUT2D eigenvalue weighted by atomic mass is 10.0. The molecule has 0 saturated carbocycles. The number of benzene rings is 2. The number of aromatic nitrogens is 2. The summed E-state index contributed by atoms with van der Waals surface area (Å²) in [7, 11) is 1.60. The Morgan fingerprint density at radius 1 is 1.12 bits per heavy atom. The highest BCUT2D eigenvalue weighted by molar-refractivity contribution is 6.33. The van der Waals surface area contributed by atoms with Gasteiger partial charge in [0, 0.05) is 28.7 Å². The third-order valence-corrected chi connectivity index (χ3v) is 4.77. The maximum atomic E-state index is 14.2. The van der Waals surface area contributed by atoms with Gasteiger partial charge in [-0.05, 0) is 48.4 Å². The van der Waals surface area contributed by atoms with Crippen LogP contribution in [0.5, 0.6) is 5.88 Å². The smallest absolute Gasteiger partial charge is 0.213 e. The van der Waals surface area contributed by atoms with Crippen LogP contribution in [-0.2, 0) is 0 Å². The molecular weight excluding hydrogens is 351 g/mol. The van der Waals surface area contributed by atoms with Gasteiger partial charge in [-0.2, -0.15) is 0 Å². The summed E-state index contributed by atoms with van der Waals surface area (Å²) in [6.45, 7) is 2.02. The second-order valence-corrected chi connectivity index (χ2v) is 6.53. The average molecular weight is 367 g/mol. The van der Waals surface area contributed by atoms with Crippen molar-refractivity contribution in [2.75, 3.05) is 7.11 Å². The SMILES string of the molecule is COc1cc(C)c(-c2ccc3[nH]c(-c4c(F)cccc4Cl)cc3c2)cn1. The van der Waals surface area contributed by atoms with Crippen LogP contribution in [0.15, 0.2) is 54.7 Å². The topological polar surface area (TPSA) is 37.9 Å².